The Morgan fingerprint density at radius 3 is 2.87 bits per heavy atom. The van der Waals surface area contributed by atoms with Crippen molar-refractivity contribution in [3.63, 3.8) is 0 Å². The zero-order valence-electron chi connectivity index (χ0n) is 8.37. The van der Waals surface area contributed by atoms with Gasteiger partial charge in [0.25, 0.3) is 0 Å². The third-order valence-electron chi connectivity index (χ3n) is 3.49. The Labute approximate surface area is 97.4 Å². The minimum Gasteiger partial charge on any atom is -0.487 e. The van der Waals surface area contributed by atoms with Gasteiger partial charge in [0.15, 0.2) is 0 Å². The highest BCUT2D eigenvalue weighted by molar-refractivity contribution is 9.10. The maximum Gasteiger partial charge on any atom is 0.126 e. The van der Waals surface area contributed by atoms with Crippen LogP contribution >= 0.6 is 15.9 Å². The van der Waals surface area contributed by atoms with E-state index in [1.807, 2.05) is 18.2 Å². The Morgan fingerprint density at radius 1 is 1.40 bits per heavy atom. The van der Waals surface area contributed by atoms with Gasteiger partial charge in [0.1, 0.15) is 11.4 Å². The van der Waals surface area contributed by atoms with Gasteiger partial charge < -0.3 is 9.84 Å². The van der Waals surface area contributed by atoms with Gasteiger partial charge in [-0.3, -0.25) is 0 Å². The van der Waals surface area contributed by atoms with Gasteiger partial charge in [-0.05, 0) is 37.5 Å². The number of hydrogen-bond donors (Lipinski definition) is 1. The predicted octanol–water partition coefficient (Wildman–Crippen LogP) is 3.19. The molecule has 2 nitrogen and oxygen atoms in total. The lowest BCUT2D eigenvalue weighted by atomic mass is 9.73. The van der Waals surface area contributed by atoms with Crippen LogP contribution in [0.1, 0.15) is 37.4 Å². The number of aliphatic hydroxyl groups is 1. The summed E-state index contributed by atoms with van der Waals surface area (Å²) in [5, 5.41) is 10.1. The largest absolute Gasteiger partial charge is 0.487 e. The normalized spacial score (nSPS) is 26.7. The van der Waals surface area contributed by atoms with Gasteiger partial charge in [-0.25, -0.2) is 0 Å². The fourth-order valence-corrected chi connectivity index (χ4v) is 2.87. The summed E-state index contributed by atoms with van der Waals surface area (Å²) in [6.07, 6.45) is 3.76. The van der Waals surface area contributed by atoms with Gasteiger partial charge in [-0.2, -0.15) is 0 Å². The second-order valence-electron chi connectivity index (χ2n) is 4.54. The molecule has 1 aliphatic carbocycles. The summed E-state index contributed by atoms with van der Waals surface area (Å²) in [5.41, 5.74) is 0.863. The highest BCUT2D eigenvalue weighted by atomic mass is 79.9. The van der Waals surface area contributed by atoms with Crippen LogP contribution in [0.4, 0.5) is 0 Å². The number of hydrogen-bond acceptors (Lipinski definition) is 2. The van der Waals surface area contributed by atoms with E-state index in [4.69, 9.17) is 4.74 Å². The molecule has 0 amide bonds. The van der Waals surface area contributed by atoms with E-state index >= 15 is 0 Å². The van der Waals surface area contributed by atoms with Crippen molar-refractivity contribution in [3.05, 3.63) is 28.2 Å². The quantitative estimate of drug-likeness (QED) is 0.783. The molecule has 1 aromatic carbocycles. The first-order valence-corrected chi connectivity index (χ1v) is 6.14. The van der Waals surface area contributed by atoms with Crippen molar-refractivity contribution in [2.75, 3.05) is 0 Å². The van der Waals surface area contributed by atoms with Crippen molar-refractivity contribution >= 4 is 15.9 Å². The van der Waals surface area contributed by atoms with E-state index in [2.05, 4.69) is 15.9 Å². The van der Waals surface area contributed by atoms with E-state index in [0.717, 1.165) is 35.0 Å². The van der Waals surface area contributed by atoms with E-state index in [0.29, 0.717) is 0 Å². The molecule has 1 aromatic rings. The molecule has 3 heteroatoms. The summed E-state index contributed by atoms with van der Waals surface area (Å²) in [4.78, 5) is 0. The van der Waals surface area contributed by atoms with Crippen molar-refractivity contribution in [2.45, 2.75) is 37.4 Å². The molecule has 1 saturated carbocycles. The van der Waals surface area contributed by atoms with E-state index in [1.54, 1.807) is 0 Å². The highest BCUT2D eigenvalue weighted by Gasteiger charge is 2.45. The third-order valence-corrected chi connectivity index (χ3v) is 3.98. The second kappa shape index (κ2) is 3.22. The SMILES string of the molecule is O[C@H]1CC2(CCC2)Oc2ccc(Br)cc21. The summed E-state index contributed by atoms with van der Waals surface area (Å²) in [7, 11) is 0. The number of ether oxygens (including phenoxy) is 1. The van der Waals surface area contributed by atoms with Crippen LogP contribution in [0.3, 0.4) is 0 Å². The maximum absolute atomic E-state index is 10.1. The molecule has 1 fully saturated rings. The molecular formula is C12H13BrO2. The van der Waals surface area contributed by atoms with E-state index < -0.39 is 0 Å². The number of benzene rings is 1. The van der Waals surface area contributed by atoms with Crippen LogP contribution in [-0.2, 0) is 0 Å². The Hall–Kier alpha value is -0.540. The molecule has 0 unspecified atom stereocenters. The minimum atomic E-state index is -0.369. The molecule has 2 aliphatic rings. The van der Waals surface area contributed by atoms with E-state index in [-0.39, 0.29) is 11.7 Å². The lowest BCUT2D eigenvalue weighted by molar-refractivity contribution is -0.0663. The molecule has 1 N–H and O–H groups in total. The molecule has 0 saturated heterocycles. The summed E-state index contributed by atoms with van der Waals surface area (Å²) >= 11 is 3.41. The van der Waals surface area contributed by atoms with Crippen LogP contribution in [0, 0.1) is 0 Å². The number of aliphatic hydroxyl groups excluding tert-OH is 1. The molecule has 1 aliphatic heterocycles. The molecule has 0 bridgehead atoms. The van der Waals surface area contributed by atoms with Crippen LogP contribution in [0.25, 0.3) is 0 Å². The predicted molar refractivity (Wildman–Crippen MR) is 60.9 cm³/mol. The summed E-state index contributed by atoms with van der Waals surface area (Å²) in [6.45, 7) is 0. The van der Waals surface area contributed by atoms with Crippen molar-refractivity contribution in [2.24, 2.45) is 0 Å². The molecule has 1 spiro atoms. The Bertz CT molecular complexity index is 399. The number of rotatable bonds is 0. The smallest absolute Gasteiger partial charge is 0.126 e. The summed E-state index contributed by atoms with van der Waals surface area (Å²) < 4.78 is 6.99. The van der Waals surface area contributed by atoms with Crippen LogP contribution in [0.15, 0.2) is 22.7 Å². The Morgan fingerprint density at radius 2 is 2.20 bits per heavy atom. The summed E-state index contributed by atoms with van der Waals surface area (Å²) in [5.74, 6) is 0.858. The average molecular weight is 269 g/mol. The first-order valence-electron chi connectivity index (χ1n) is 5.35. The minimum absolute atomic E-state index is 0.0553. The van der Waals surface area contributed by atoms with Crippen molar-refractivity contribution in [3.8, 4) is 5.75 Å². The summed E-state index contributed by atoms with van der Waals surface area (Å²) in [6, 6.07) is 5.86. The van der Waals surface area contributed by atoms with Crippen molar-refractivity contribution in [1.29, 1.82) is 0 Å². The molecule has 1 atom stereocenters. The lowest BCUT2D eigenvalue weighted by Gasteiger charge is -2.46. The first-order chi connectivity index (χ1) is 7.19. The highest BCUT2D eigenvalue weighted by Crippen LogP contribution is 2.49. The maximum atomic E-state index is 10.1. The van der Waals surface area contributed by atoms with Gasteiger partial charge in [0.05, 0.1) is 6.10 Å². The molecule has 80 valence electrons. The molecular weight excluding hydrogens is 256 g/mol. The van der Waals surface area contributed by atoms with Crippen molar-refractivity contribution in [1.82, 2.24) is 0 Å². The number of fused-ring (bicyclic) bond motifs is 1. The van der Waals surface area contributed by atoms with Gasteiger partial charge in [0.2, 0.25) is 0 Å². The second-order valence-corrected chi connectivity index (χ2v) is 5.46. The van der Waals surface area contributed by atoms with Crippen LogP contribution in [0.5, 0.6) is 5.75 Å². The van der Waals surface area contributed by atoms with Gasteiger partial charge in [0, 0.05) is 16.5 Å². The molecule has 1 heterocycles. The van der Waals surface area contributed by atoms with Crippen LogP contribution in [0.2, 0.25) is 0 Å². The van der Waals surface area contributed by atoms with E-state index in [1.165, 1.54) is 6.42 Å². The van der Waals surface area contributed by atoms with Crippen molar-refractivity contribution < 1.29 is 9.84 Å². The van der Waals surface area contributed by atoms with Gasteiger partial charge in [-0.1, -0.05) is 15.9 Å². The lowest BCUT2D eigenvalue weighted by Crippen LogP contribution is -2.46. The number of halogens is 1. The zero-order valence-corrected chi connectivity index (χ0v) is 9.96. The molecule has 0 aromatic heterocycles. The monoisotopic (exact) mass is 268 g/mol. The first kappa shape index (κ1) is 9.67. The topological polar surface area (TPSA) is 29.5 Å². The standard InChI is InChI=1S/C12H13BrO2/c13-8-2-3-11-9(6-8)10(14)7-12(15-11)4-1-5-12/h2-3,6,10,14H,1,4-5,7H2/t10-/m0/s1. The van der Waals surface area contributed by atoms with Gasteiger partial charge in [-0.15, -0.1) is 0 Å². The van der Waals surface area contributed by atoms with Crippen LogP contribution in [-0.4, -0.2) is 10.7 Å². The van der Waals surface area contributed by atoms with Gasteiger partial charge >= 0.3 is 0 Å². The zero-order chi connectivity index (χ0) is 10.5. The van der Waals surface area contributed by atoms with Crippen LogP contribution < -0.4 is 4.74 Å². The third kappa shape index (κ3) is 1.49. The fourth-order valence-electron chi connectivity index (χ4n) is 2.49. The molecule has 3 rings (SSSR count). The average Bonchev–Trinajstić information content (AvgIpc) is 2.16. The molecule has 15 heavy (non-hydrogen) atoms. The fraction of sp³-hybridized carbons (Fsp3) is 0.500. The van der Waals surface area contributed by atoms with E-state index in [9.17, 15) is 5.11 Å². The molecule has 0 radical (unpaired) electrons. The Balaban J connectivity index is 2.01. The Kier molecular flexibility index (Phi) is 2.08.